The number of benzene rings is 1. The summed E-state index contributed by atoms with van der Waals surface area (Å²) in [6.45, 7) is 4.28. The first-order valence-corrected chi connectivity index (χ1v) is 10.0. The first-order valence-electron chi connectivity index (χ1n) is 9.65. The van der Waals surface area contributed by atoms with Crippen molar-refractivity contribution in [1.29, 1.82) is 0 Å². The second-order valence-corrected chi connectivity index (χ2v) is 7.49. The number of nitrogens with zero attached hydrogens (tertiary/aromatic N) is 5. The number of fused-ring (bicyclic) bond motifs is 1. The van der Waals surface area contributed by atoms with Crippen molar-refractivity contribution >= 4 is 23.3 Å². The standard InChI is InChI=1S/C19H25ClN6O/c20-15-6-3-4-7-16(15)24-10-12-25(13-11-24)19(27)21-14-18-23-22-17-8-2-1-5-9-26(17)18/h3-4,6-7H,1-2,5,8-14H2,(H,21,27). The highest BCUT2D eigenvalue weighted by Crippen LogP contribution is 2.26. The lowest BCUT2D eigenvalue weighted by Gasteiger charge is -2.36. The van der Waals surface area contributed by atoms with E-state index in [1.54, 1.807) is 0 Å². The van der Waals surface area contributed by atoms with Crippen molar-refractivity contribution in [2.24, 2.45) is 0 Å². The van der Waals surface area contributed by atoms with Gasteiger partial charge < -0.3 is 19.7 Å². The van der Waals surface area contributed by atoms with Gasteiger partial charge in [-0.1, -0.05) is 30.2 Å². The Morgan fingerprint density at radius 2 is 1.85 bits per heavy atom. The summed E-state index contributed by atoms with van der Waals surface area (Å²) >= 11 is 6.28. The third-order valence-corrected chi connectivity index (χ3v) is 5.66. The van der Waals surface area contributed by atoms with Gasteiger partial charge in [0.25, 0.3) is 0 Å². The summed E-state index contributed by atoms with van der Waals surface area (Å²) in [6.07, 6.45) is 4.52. The molecular formula is C19H25ClN6O. The van der Waals surface area contributed by atoms with Crippen LogP contribution in [0.5, 0.6) is 0 Å². The Balaban J connectivity index is 1.30. The summed E-state index contributed by atoms with van der Waals surface area (Å²) in [7, 11) is 0. The number of hydrogen-bond acceptors (Lipinski definition) is 4. The molecule has 1 aromatic heterocycles. The van der Waals surface area contributed by atoms with E-state index >= 15 is 0 Å². The maximum Gasteiger partial charge on any atom is 0.317 e. The molecule has 0 spiro atoms. The molecule has 8 heteroatoms. The van der Waals surface area contributed by atoms with Crippen LogP contribution in [0.25, 0.3) is 0 Å². The van der Waals surface area contributed by atoms with Crippen LogP contribution in [0.1, 0.15) is 30.9 Å². The number of piperazine rings is 1. The summed E-state index contributed by atoms with van der Waals surface area (Å²) in [6, 6.07) is 7.80. The molecule has 2 aliphatic rings. The number of urea groups is 1. The molecule has 1 aromatic carbocycles. The van der Waals surface area contributed by atoms with Crippen molar-refractivity contribution in [2.75, 3.05) is 31.1 Å². The summed E-state index contributed by atoms with van der Waals surface area (Å²) in [5.74, 6) is 1.90. The van der Waals surface area contributed by atoms with Crippen LogP contribution < -0.4 is 10.2 Å². The van der Waals surface area contributed by atoms with Gasteiger partial charge >= 0.3 is 6.03 Å². The molecule has 0 atom stereocenters. The van der Waals surface area contributed by atoms with Crippen LogP contribution in [-0.2, 0) is 19.5 Å². The predicted octanol–water partition coefficient (Wildman–Crippen LogP) is 2.69. The lowest BCUT2D eigenvalue weighted by molar-refractivity contribution is 0.193. The molecule has 7 nitrogen and oxygen atoms in total. The molecule has 2 amide bonds. The van der Waals surface area contributed by atoms with E-state index in [9.17, 15) is 4.79 Å². The first-order chi connectivity index (χ1) is 13.2. The van der Waals surface area contributed by atoms with Crippen LogP contribution in [0.15, 0.2) is 24.3 Å². The highest BCUT2D eigenvalue weighted by molar-refractivity contribution is 6.33. The minimum Gasteiger partial charge on any atom is -0.367 e. The van der Waals surface area contributed by atoms with E-state index in [4.69, 9.17) is 11.6 Å². The zero-order valence-corrected chi connectivity index (χ0v) is 16.2. The van der Waals surface area contributed by atoms with Crippen LogP contribution in [0, 0.1) is 0 Å². The number of anilines is 1. The molecule has 1 saturated heterocycles. The van der Waals surface area contributed by atoms with E-state index in [0.29, 0.717) is 19.6 Å². The Hall–Kier alpha value is -2.28. The van der Waals surface area contributed by atoms with Crippen molar-refractivity contribution in [3.05, 3.63) is 40.9 Å². The fourth-order valence-corrected chi connectivity index (χ4v) is 4.06. The first kappa shape index (κ1) is 18.1. The number of carbonyl (C=O) groups is 1. The summed E-state index contributed by atoms with van der Waals surface area (Å²) < 4.78 is 2.17. The molecule has 144 valence electrons. The van der Waals surface area contributed by atoms with Gasteiger partial charge in [-0.25, -0.2) is 4.79 Å². The van der Waals surface area contributed by atoms with Gasteiger partial charge in [0, 0.05) is 39.1 Å². The molecule has 0 saturated carbocycles. The number of nitrogens with one attached hydrogen (secondary N) is 1. The quantitative estimate of drug-likeness (QED) is 0.877. The average Bonchev–Trinajstić information content (AvgIpc) is 2.93. The molecule has 4 rings (SSSR count). The smallest absolute Gasteiger partial charge is 0.317 e. The van der Waals surface area contributed by atoms with Gasteiger partial charge in [-0.2, -0.15) is 0 Å². The maximum absolute atomic E-state index is 12.6. The Labute approximate surface area is 164 Å². The maximum atomic E-state index is 12.6. The van der Waals surface area contributed by atoms with Crippen LogP contribution in [0.2, 0.25) is 5.02 Å². The Morgan fingerprint density at radius 3 is 2.67 bits per heavy atom. The summed E-state index contributed by atoms with van der Waals surface area (Å²) in [5.41, 5.74) is 1.03. The molecule has 2 aromatic rings. The van der Waals surface area contributed by atoms with Crippen LogP contribution in [0.4, 0.5) is 10.5 Å². The molecule has 0 radical (unpaired) electrons. The Morgan fingerprint density at radius 1 is 1.04 bits per heavy atom. The Kier molecular flexibility index (Phi) is 5.48. The zero-order chi connectivity index (χ0) is 18.6. The average molecular weight is 389 g/mol. The fraction of sp³-hybridized carbons (Fsp3) is 0.526. The van der Waals surface area contributed by atoms with Crippen LogP contribution >= 0.6 is 11.6 Å². The number of para-hydroxylation sites is 1. The molecular weight excluding hydrogens is 364 g/mol. The van der Waals surface area contributed by atoms with Gasteiger partial charge in [0.1, 0.15) is 5.82 Å². The normalized spacial score (nSPS) is 17.4. The number of aryl methyl sites for hydroxylation is 1. The van der Waals surface area contributed by atoms with Crippen molar-refractivity contribution in [3.8, 4) is 0 Å². The fourth-order valence-electron chi connectivity index (χ4n) is 3.80. The summed E-state index contributed by atoms with van der Waals surface area (Å²) in [5, 5.41) is 12.3. The molecule has 1 N–H and O–H groups in total. The third kappa shape index (κ3) is 4.03. The van der Waals surface area contributed by atoms with Gasteiger partial charge in [-0.3, -0.25) is 0 Å². The highest BCUT2D eigenvalue weighted by Gasteiger charge is 2.23. The summed E-state index contributed by atoms with van der Waals surface area (Å²) in [4.78, 5) is 16.6. The predicted molar refractivity (Wildman–Crippen MR) is 105 cm³/mol. The minimum atomic E-state index is -0.0419. The van der Waals surface area contributed by atoms with Gasteiger partial charge in [-0.15, -0.1) is 10.2 Å². The number of carbonyl (C=O) groups excluding carboxylic acids is 1. The largest absolute Gasteiger partial charge is 0.367 e. The van der Waals surface area contributed by atoms with Crippen LogP contribution in [0.3, 0.4) is 0 Å². The van der Waals surface area contributed by atoms with Crippen molar-refractivity contribution in [3.63, 3.8) is 0 Å². The van der Waals surface area contributed by atoms with Crippen molar-refractivity contribution in [2.45, 2.75) is 38.8 Å². The van der Waals surface area contributed by atoms with E-state index in [1.807, 2.05) is 29.2 Å². The van der Waals surface area contributed by atoms with Gasteiger partial charge in [0.05, 0.1) is 17.3 Å². The van der Waals surface area contributed by atoms with Crippen LogP contribution in [-0.4, -0.2) is 51.9 Å². The molecule has 2 aliphatic heterocycles. The van der Waals surface area contributed by atoms with E-state index in [2.05, 4.69) is 25.0 Å². The molecule has 3 heterocycles. The van der Waals surface area contributed by atoms with Gasteiger partial charge in [0.2, 0.25) is 0 Å². The number of amides is 2. The number of halogens is 1. The van der Waals surface area contributed by atoms with Gasteiger partial charge in [0.15, 0.2) is 5.82 Å². The van der Waals surface area contributed by atoms with E-state index in [0.717, 1.165) is 54.8 Å². The monoisotopic (exact) mass is 388 g/mol. The number of rotatable bonds is 3. The highest BCUT2D eigenvalue weighted by atomic mass is 35.5. The van der Waals surface area contributed by atoms with E-state index in [1.165, 1.54) is 12.8 Å². The lowest BCUT2D eigenvalue weighted by Crippen LogP contribution is -2.51. The Bertz CT molecular complexity index is 799. The molecule has 27 heavy (non-hydrogen) atoms. The molecule has 0 bridgehead atoms. The van der Waals surface area contributed by atoms with Crippen molar-refractivity contribution < 1.29 is 4.79 Å². The number of aromatic nitrogens is 3. The third-order valence-electron chi connectivity index (χ3n) is 5.34. The second kappa shape index (κ2) is 8.17. The topological polar surface area (TPSA) is 66.3 Å². The van der Waals surface area contributed by atoms with E-state index in [-0.39, 0.29) is 6.03 Å². The minimum absolute atomic E-state index is 0.0419. The molecule has 0 aliphatic carbocycles. The SMILES string of the molecule is O=C(NCc1nnc2n1CCCCC2)N1CCN(c2ccccc2Cl)CC1. The second-order valence-electron chi connectivity index (χ2n) is 7.08. The van der Waals surface area contributed by atoms with E-state index < -0.39 is 0 Å². The molecule has 1 fully saturated rings. The van der Waals surface area contributed by atoms with Crippen molar-refractivity contribution in [1.82, 2.24) is 25.0 Å². The lowest BCUT2D eigenvalue weighted by atomic mass is 10.2. The molecule has 0 unspecified atom stereocenters. The zero-order valence-electron chi connectivity index (χ0n) is 15.4. The number of hydrogen-bond donors (Lipinski definition) is 1. The van der Waals surface area contributed by atoms with Gasteiger partial charge in [-0.05, 0) is 25.0 Å².